The van der Waals surface area contributed by atoms with Gasteiger partial charge in [-0.3, -0.25) is 34.4 Å². The van der Waals surface area contributed by atoms with Crippen LogP contribution in [0.1, 0.15) is 103 Å². The van der Waals surface area contributed by atoms with Crippen LogP contribution in [0.5, 0.6) is 0 Å². The number of hydrogen-bond donors (Lipinski definition) is 3. The Kier molecular flexibility index (Phi) is 10.4. The molecule has 17 heteroatoms. The van der Waals surface area contributed by atoms with Crippen molar-refractivity contribution in [1.82, 2.24) is 40.1 Å². The fraction of sp³-hybridized carbons (Fsp3) is 0.514. The maximum atomic E-state index is 15.1. The average molecular weight is 768 g/mol. The zero-order chi connectivity index (χ0) is 37.5. The number of anilines is 1. The number of carbonyl (C=O) groups is 3. The van der Waals surface area contributed by atoms with Gasteiger partial charge in [0.2, 0.25) is 11.8 Å². The number of amides is 3. The summed E-state index contributed by atoms with van der Waals surface area (Å²) in [5.41, 5.74) is 0.769. The minimum atomic E-state index is -2.85. The maximum absolute atomic E-state index is 15.1. The van der Waals surface area contributed by atoms with Crippen molar-refractivity contribution >= 4 is 34.7 Å². The van der Waals surface area contributed by atoms with Crippen LogP contribution in [0, 0.1) is 17.6 Å². The fourth-order valence-corrected chi connectivity index (χ4v) is 9.36. The van der Waals surface area contributed by atoms with Crippen LogP contribution in [0.25, 0.3) is 10.6 Å². The summed E-state index contributed by atoms with van der Waals surface area (Å²) in [6.07, 6.45) is 7.22. The SMILES string of the molecule is O=C1CC[C@H](c2c(F)cc(C3CC(CN4CCN(C5CCC(n6cc(NC(=O)c7csc(-c8cn[nH]c8)n7)c(C(F)F)n6)CC5)CC4)C3)cc2F)C(=O)N1. The Bertz CT molecular complexity index is 1970. The molecule has 5 heterocycles. The molecule has 0 bridgehead atoms. The van der Waals surface area contributed by atoms with Crippen molar-refractivity contribution in [3.05, 3.63) is 70.3 Å². The molecular weight excluding hydrogens is 727 g/mol. The molecule has 4 aliphatic rings. The van der Waals surface area contributed by atoms with E-state index >= 15 is 8.78 Å². The third-order valence-corrected chi connectivity index (χ3v) is 12.5. The van der Waals surface area contributed by atoms with Crippen LogP contribution in [0.2, 0.25) is 0 Å². The number of carbonyl (C=O) groups excluding carboxylic acids is 3. The molecule has 54 heavy (non-hydrogen) atoms. The van der Waals surface area contributed by atoms with E-state index in [4.69, 9.17) is 0 Å². The molecule has 4 fully saturated rings. The summed E-state index contributed by atoms with van der Waals surface area (Å²) >= 11 is 1.26. The van der Waals surface area contributed by atoms with Gasteiger partial charge in [-0.1, -0.05) is 0 Å². The lowest BCUT2D eigenvalue weighted by atomic mass is 9.70. The first-order chi connectivity index (χ1) is 26.1. The Morgan fingerprint density at radius 2 is 1.72 bits per heavy atom. The summed E-state index contributed by atoms with van der Waals surface area (Å²) < 4.78 is 59.7. The van der Waals surface area contributed by atoms with Crippen molar-refractivity contribution in [2.24, 2.45) is 5.92 Å². The van der Waals surface area contributed by atoms with Crippen molar-refractivity contribution in [2.75, 3.05) is 38.0 Å². The Balaban J connectivity index is 0.786. The summed E-state index contributed by atoms with van der Waals surface area (Å²) in [5.74, 6) is -3.58. The molecule has 2 saturated carbocycles. The van der Waals surface area contributed by atoms with Crippen LogP contribution in [0.4, 0.5) is 23.2 Å². The Morgan fingerprint density at radius 1 is 1.00 bits per heavy atom. The van der Waals surface area contributed by atoms with Crippen LogP contribution >= 0.6 is 11.3 Å². The molecule has 12 nitrogen and oxygen atoms in total. The van der Waals surface area contributed by atoms with Crippen LogP contribution < -0.4 is 10.6 Å². The number of benzene rings is 1. The molecule has 2 aliphatic heterocycles. The van der Waals surface area contributed by atoms with E-state index in [0.717, 1.165) is 76.8 Å². The first-order valence-corrected chi connectivity index (χ1v) is 19.4. The molecule has 3 N–H and O–H groups in total. The Morgan fingerprint density at radius 3 is 2.39 bits per heavy atom. The lowest BCUT2D eigenvalue weighted by Crippen LogP contribution is -2.52. The van der Waals surface area contributed by atoms with E-state index in [-0.39, 0.29) is 41.7 Å². The zero-order valence-corrected chi connectivity index (χ0v) is 30.3. The first kappa shape index (κ1) is 36.5. The van der Waals surface area contributed by atoms with Crippen molar-refractivity contribution < 1.29 is 31.9 Å². The Labute approximate surface area is 312 Å². The highest BCUT2D eigenvalue weighted by Gasteiger charge is 2.37. The zero-order valence-electron chi connectivity index (χ0n) is 29.4. The number of hydrogen-bond acceptors (Lipinski definition) is 9. The van der Waals surface area contributed by atoms with E-state index in [1.165, 1.54) is 29.7 Å². The van der Waals surface area contributed by atoms with Crippen LogP contribution in [-0.4, -0.2) is 91.2 Å². The van der Waals surface area contributed by atoms with Gasteiger partial charge in [-0.2, -0.15) is 10.2 Å². The van der Waals surface area contributed by atoms with Gasteiger partial charge in [0, 0.05) is 74.1 Å². The first-order valence-electron chi connectivity index (χ1n) is 18.5. The van der Waals surface area contributed by atoms with Gasteiger partial charge in [0.25, 0.3) is 12.3 Å². The number of nitrogens with one attached hydrogen (secondary N) is 3. The largest absolute Gasteiger partial charge is 0.317 e. The second-order valence-electron chi connectivity index (χ2n) is 14.9. The lowest BCUT2D eigenvalue weighted by Gasteiger charge is -2.44. The van der Waals surface area contributed by atoms with Gasteiger partial charge < -0.3 is 10.2 Å². The molecule has 4 aromatic rings. The minimum Gasteiger partial charge on any atom is -0.317 e. The van der Waals surface area contributed by atoms with Crippen molar-refractivity contribution in [3.63, 3.8) is 0 Å². The second kappa shape index (κ2) is 15.3. The molecule has 2 saturated heterocycles. The standard InChI is InChI=1S/C37H41F4N9O3S/c38-27-13-22(14-28(39)32(27)26-5-6-31(51)46-35(26)52)21-11-20(12-21)17-48-7-9-49(10-8-48)24-1-3-25(4-2-24)50-18-29(33(47-50)34(40)41)44-36(53)30-19-54-37(45-30)23-15-42-43-16-23/h13-16,18-21,24-26,34H,1-12,17H2,(H,42,43)(H,44,53)(H,46,51,52)/t20?,21?,24?,25?,26-/m1/s1. The number of nitrogens with zero attached hydrogens (tertiary/aromatic N) is 6. The Hall–Kier alpha value is -4.48. The number of imide groups is 1. The smallest absolute Gasteiger partial charge is 0.284 e. The topological polar surface area (TPSA) is 141 Å². The normalized spacial score (nSPS) is 25.5. The number of piperazine rings is 1. The molecule has 0 spiro atoms. The summed E-state index contributed by atoms with van der Waals surface area (Å²) in [4.78, 5) is 45.9. The lowest BCUT2D eigenvalue weighted by molar-refractivity contribution is -0.134. The van der Waals surface area contributed by atoms with Gasteiger partial charge in [-0.25, -0.2) is 22.5 Å². The number of rotatable bonds is 10. The molecular formula is C37H41F4N9O3S. The fourth-order valence-electron chi connectivity index (χ4n) is 8.58. The highest BCUT2D eigenvalue weighted by atomic mass is 32.1. The van der Waals surface area contributed by atoms with Crippen molar-refractivity contribution in [3.8, 4) is 10.6 Å². The van der Waals surface area contributed by atoms with Crippen LogP contribution in [-0.2, 0) is 9.59 Å². The third-order valence-electron chi connectivity index (χ3n) is 11.6. The quantitative estimate of drug-likeness (QED) is 0.132. The second-order valence-corrected chi connectivity index (χ2v) is 15.8. The monoisotopic (exact) mass is 767 g/mol. The number of H-pyrrole nitrogens is 1. The number of alkyl halides is 2. The van der Waals surface area contributed by atoms with Gasteiger partial charge in [-0.05, 0) is 74.5 Å². The van der Waals surface area contributed by atoms with Crippen LogP contribution in [0.15, 0.2) is 36.1 Å². The van der Waals surface area contributed by atoms with Crippen LogP contribution in [0.3, 0.4) is 0 Å². The molecule has 3 aromatic heterocycles. The van der Waals surface area contributed by atoms with Gasteiger partial charge >= 0.3 is 0 Å². The average Bonchev–Trinajstić information content (AvgIpc) is 3.93. The van der Waals surface area contributed by atoms with E-state index in [9.17, 15) is 23.2 Å². The highest BCUT2D eigenvalue weighted by Crippen LogP contribution is 2.44. The van der Waals surface area contributed by atoms with E-state index in [2.05, 4.69) is 40.7 Å². The van der Waals surface area contributed by atoms with E-state index in [1.54, 1.807) is 22.5 Å². The molecule has 2 aliphatic carbocycles. The third kappa shape index (κ3) is 7.57. The van der Waals surface area contributed by atoms with Crippen molar-refractivity contribution in [1.29, 1.82) is 0 Å². The summed E-state index contributed by atoms with van der Waals surface area (Å²) in [5, 5.41) is 17.7. The molecule has 1 atom stereocenters. The number of halogens is 4. The minimum absolute atomic E-state index is 0.00842. The van der Waals surface area contributed by atoms with Gasteiger partial charge in [0.15, 0.2) is 5.69 Å². The molecule has 3 amide bonds. The van der Waals surface area contributed by atoms with E-state index in [0.29, 0.717) is 22.5 Å². The predicted octanol–water partition coefficient (Wildman–Crippen LogP) is 6.01. The predicted molar refractivity (Wildman–Crippen MR) is 191 cm³/mol. The molecule has 1 aromatic carbocycles. The number of aromatic amines is 1. The summed E-state index contributed by atoms with van der Waals surface area (Å²) in [7, 11) is 0. The molecule has 286 valence electrons. The molecule has 0 unspecified atom stereocenters. The summed E-state index contributed by atoms with van der Waals surface area (Å²) in [6.45, 7) is 4.70. The van der Waals surface area contributed by atoms with Gasteiger partial charge in [0.05, 0.1) is 23.8 Å². The van der Waals surface area contributed by atoms with E-state index < -0.39 is 47.4 Å². The van der Waals surface area contributed by atoms with Crippen molar-refractivity contribution in [2.45, 2.75) is 81.7 Å². The number of piperidine rings is 1. The molecule has 8 rings (SSSR count). The highest BCUT2D eigenvalue weighted by molar-refractivity contribution is 7.13. The van der Waals surface area contributed by atoms with Gasteiger partial charge in [-0.15, -0.1) is 11.3 Å². The van der Waals surface area contributed by atoms with Gasteiger partial charge in [0.1, 0.15) is 22.3 Å². The molecule has 0 radical (unpaired) electrons. The van der Waals surface area contributed by atoms with E-state index in [1.807, 2.05) is 0 Å². The summed E-state index contributed by atoms with van der Waals surface area (Å²) in [6, 6.07) is 3.09. The number of thiazole rings is 1. The maximum Gasteiger partial charge on any atom is 0.284 e. The number of aromatic nitrogens is 5.